The first-order valence-electron chi connectivity index (χ1n) is 2.76. The van der Waals surface area contributed by atoms with Gasteiger partial charge in [0.15, 0.2) is 5.37 Å². The van der Waals surface area contributed by atoms with E-state index in [-0.39, 0.29) is 11.3 Å². The molecule has 2 heterocycles. The molecule has 3 nitrogen and oxygen atoms in total. The van der Waals surface area contributed by atoms with Crippen molar-refractivity contribution in [3.63, 3.8) is 0 Å². The zero-order chi connectivity index (χ0) is 6.27. The molecular weight excluding hydrogens is 156 g/mol. The molecule has 2 aliphatic rings. The molecule has 0 aromatic rings. The minimum Gasteiger partial charge on any atom is -0.353 e. The number of rotatable bonds is 0. The van der Waals surface area contributed by atoms with Crippen molar-refractivity contribution >= 4 is 27.7 Å². The summed E-state index contributed by atoms with van der Waals surface area (Å²) in [5.41, 5.74) is 0. The van der Waals surface area contributed by atoms with Gasteiger partial charge in [-0.05, 0) is 21.8 Å². The van der Waals surface area contributed by atoms with E-state index in [1.807, 2.05) is 0 Å². The molecule has 2 aliphatic heterocycles. The van der Waals surface area contributed by atoms with Crippen LogP contribution in [0, 0.1) is 0 Å². The molecule has 0 bridgehead atoms. The van der Waals surface area contributed by atoms with Crippen LogP contribution in [0.1, 0.15) is 0 Å². The minimum atomic E-state index is 0.115. The van der Waals surface area contributed by atoms with Gasteiger partial charge in [0.1, 0.15) is 0 Å². The lowest BCUT2D eigenvalue weighted by Gasteiger charge is -2.39. The molecule has 0 aromatic heterocycles. The summed E-state index contributed by atoms with van der Waals surface area (Å²) >= 11 is 0. The van der Waals surface area contributed by atoms with E-state index in [2.05, 4.69) is 9.62 Å². The fourth-order valence-electron chi connectivity index (χ4n) is 0.853. The molecule has 0 spiro atoms. The third kappa shape index (κ3) is 0.835. The zero-order valence-electron chi connectivity index (χ0n) is 4.66. The van der Waals surface area contributed by atoms with Crippen LogP contribution in [0.5, 0.6) is 0 Å². The Balaban J connectivity index is 2.06. The maximum absolute atomic E-state index is 10.9. The molecule has 1 unspecified atom stereocenters. The highest BCUT2D eigenvalue weighted by atomic mass is 33.1. The van der Waals surface area contributed by atoms with Crippen LogP contribution < -0.4 is 5.32 Å². The predicted molar refractivity (Wildman–Crippen MR) is 38.7 cm³/mol. The monoisotopic (exact) mass is 162 g/mol. The second kappa shape index (κ2) is 2.07. The van der Waals surface area contributed by atoms with Gasteiger partial charge in [-0.2, -0.15) is 0 Å². The number of nitrogens with one attached hydrogen (secondary N) is 1. The van der Waals surface area contributed by atoms with Crippen LogP contribution in [0.4, 0.5) is 0 Å². The van der Waals surface area contributed by atoms with Crippen molar-refractivity contribution in [2.75, 3.05) is 13.1 Å². The smallest absolute Gasteiger partial charge is 0.249 e. The molecule has 2 saturated heterocycles. The summed E-state index contributed by atoms with van der Waals surface area (Å²) in [5, 5.41) is 2.91. The van der Waals surface area contributed by atoms with Gasteiger partial charge in [0.05, 0.1) is 0 Å². The Hall–Kier alpha value is 0.130. The van der Waals surface area contributed by atoms with Crippen molar-refractivity contribution in [2.45, 2.75) is 5.37 Å². The third-order valence-corrected chi connectivity index (χ3v) is 4.18. The number of fused-ring (bicyclic) bond motifs is 1. The maximum Gasteiger partial charge on any atom is 0.249 e. The second-order valence-electron chi connectivity index (χ2n) is 1.95. The van der Waals surface area contributed by atoms with Gasteiger partial charge in [0.25, 0.3) is 0 Å². The number of carbonyl (C=O) groups is 1. The lowest BCUT2D eigenvalue weighted by molar-refractivity contribution is -0.123. The molecule has 0 aromatic carbocycles. The minimum absolute atomic E-state index is 0.115. The van der Waals surface area contributed by atoms with E-state index in [0.717, 1.165) is 13.1 Å². The fraction of sp³-hybridized carbons (Fsp3) is 0.750. The van der Waals surface area contributed by atoms with E-state index in [1.165, 1.54) is 0 Å². The summed E-state index contributed by atoms with van der Waals surface area (Å²) in [7, 11) is 3.31. The molecule has 1 N–H and O–H groups in total. The van der Waals surface area contributed by atoms with Gasteiger partial charge in [-0.25, -0.2) is 4.31 Å². The highest BCUT2D eigenvalue weighted by Gasteiger charge is 2.38. The SMILES string of the molecule is O=C1NCCN2SSC12. The Labute approximate surface area is 61.1 Å². The van der Waals surface area contributed by atoms with Crippen LogP contribution in [-0.2, 0) is 4.79 Å². The Morgan fingerprint density at radius 1 is 1.78 bits per heavy atom. The van der Waals surface area contributed by atoms with Gasteiger partial charge < -0.3 is 5.32 Å². The van der Waals surface area contributed by atoms with Gasteiger partial charge in [-0.3, -0.25) is 4.79 Å². The molecule has 0 radical (unpaired) electrons. The molecule has 5 heteroatoms. The first-order chi connectivity index (χ1) is 4.38. The Morgan fingerprint density at radius 2 is 2.67 bits per heavy atom. The van der Waals surface area contributed by atoms with Crippen molar-refractivity contribution in [3.8, 4) is 0 Å². The van der Waals surface area contributed by atoms with Crippen LogP contribution in [-0.4, -0.2) is 28.7 Å². The molecule has 50 valence electrons. The third-order valence-electron chi connectivity index (χ3n) is 1.35. The topological polar surface area (TPSA) is 32.3 Å². The van der Waals surface area contributed by atoms with E-state index in [9.17, 15) is 4.79 Å². The fourth-order valence-corrected chi connectivity index (χ4v) is 3.05. The summed E-state index contributed by atoms with van der Waals surface area (Å²) in [5.74, 6) is 0.171. The van der Waals surface area contributed by atoms with Crippen molar-refractivity contribution in [3.05, 3.63) is 0 Å². The van der Waals surface area contributed by atoms with Crippen molar-refractivity contribution in [1.29, 1.82) is 0 Å². The Kier molecular flexibility index (Phi) is 1.35. The van der Waals surface area contributed by atoms with E-state index in [1.54, 1.807) is 21.8 Å². The maximum atomic E-state index is 10.9. The van der Waals surface area contributed by atoms with Gasteiger partial charge in [-0.15, -0.1) is 0 Å². The van der Waals surface area contributed by atoms with Crippen LogP contribution in [0.25, 0.3) is 0 Å². The summed E-state index contributed by atoms with van der Waals surface area (Å²) in [6.07, 6.45) is 0. The largest absolute Gasteiger partial charge is 0.353 e. The number of piperazine rings is 1. The number of hydrogen-bond donors (Lipinski definition) is 1. The Morgan fingerprint density at radius 3 is 3.11 bits per heavy atom. The van der Waals surface area contributed by atoms with Crippen molar-refractivity contribution < 1.29 is 4.79 Å². The summed E-state index contributed by atoms with van der Waals surface area (Å²) in [4.78, 5) is 10.9. The Bertz CT molecular complexity index is 152. The predicted octanol–water partition coefficient (Wildman–Crippen LogP) is 0.0543. The van der Waals surface area contributed by atoms with Crippen molar-refractivity contribution in [1.82, 2.24) is 9.62 Å². The summed E-state index contributed by atoms with van der Waals surface area (Å²) in [6, 6.07) is 0. The van der Waals surface area contributed by atoms with Crippen LogP contribution in [0.15, 0.2) is 0 Å². The average Bonchev–Trinajstić information content (AvgIpc) is 1.74. The van der Waals surface area contributed by atoms with Crippen LogP contribution in [0.2, 0.25) is 0 Å². The lowest BCUT2D eigenvalue weighted by atomic mass is 10.4. The van der Waals surface area contributed by atoms with Gasteiger partial charge in [-0.1, -0.05) is 0 Å². The molecular formula is C4H6N2OS2. The number of carbonyl (C=O) groups excluding carboxylic acids is 1. The van der Waals surface area contributed by atoms with Crippen LogP contribution in [0.3, 0.4) is 0 Å². The number of amides is 1. The molecule has 2 rings (SSSR count). The molecule has 1 atom stereocenters. The highest BCUT2D eigenvalue weighted by Crippen LogP contribution is 2.46. The van der Waals surface area contributed by atoms with E-state index in [0.29, 0.717) is 0 Å². The van der Waals surface area contributed by atoms with Gasteiger partial charge in [0.2, 0.25) is 5.91 Å². The van der Waals surface area contributed by atoms with E-state index in [4.69, 9.17) is 0 Å². The first-order valence-corrected chi connectivity index (χ1v) is 4.93. The number of nitrogens with zero attached hydrogens (tertiary/aromatic N) is 1. The molecule has 0 aliphatic carbocycles. The van der Waals surface area contributed by atoms with E-state index < -0.39 is 0 Å². The summed E-state index contributed by atoms with van der Waals surface area (Å²) < 4.78 is 2.10. The molecule has 9 heavy (non-hydrogen) atoms. The van der Waals surface area contributed by atoms with Crippen molar-refractivity contribution in [2.24, 2.45) is 0 Å². The normalized spacial score (nSPS) is 34.7. The molecule has 2 fully saturated rings. The first kappa shape index (κ1) is 5.88. The van der Waals surface area contributed by atoms with Gasteiger partial charge >= 0.3 is 0 Å². The standard InChI is InChI=1S/C4H6N2OS2/c7-3-4-6(9-8-4)2-1-5-3/h4H,1-2H2,(H,5,7). The second-order valence-corrected chi connectivity index (χ2v) is 4.24. The number of hydrogen-bond acceptors (Lipinski definition) is 4. The zero-order valence-corrected chi connectivity index (χ0v) is 6.30. The molecule has 0 saturated carbocycles. The molecule has 1 amide bonds. The summed E-state index contributed by atoms with van der Waals surface area (Å²) in [6.45, 7) is 1.80. The van der Waals surface area contributed by atoms with Gasteiger partial charge in [0, 0.05) is 13.1 Å². The van der Waals surface area contributed by atoms with Crippen LogP contribution >= 0.6 is 21.8 Å². The van der Waals surface area contributed by atoms with E-state index >= 15 is 0 Å². The quantitative estimate of drug-likeness (QED) is 0.403. The average molecular weight is 162 g/mol. The lowest BCUT2D eigenvalue weighted by Crippen LogP contribution is -2.54. The highest BCUT2D eigenvalue weighted by molar-refractivity contribution is 8.78.